The average Bonchev–Trinajstić information content (AvgIpc) is 2.65. The third-order valence-electron chi connectivity index (χ3n) is 2.48. The average molecular weight is 240 g/mol. The van der Waals surface area contributed by atoms with Crippen LogP contribution in [0, 0.1) is 0 Å². The Morgan fingerprint density at radius 2 is 2.29 bits per heavy atom. The van der Waals surface area contributed by atoms with Crippen molar-refractivity contribution in [3.8, 4) is 0 Å². The molecule has 96 valence electrons. The number of carboxylic acids is 1. The van der Waals surface area contributed by atoms with Gasteiger partial charge in [-0.25, -0.2) is 9.67 Å². The van der Waals surface area contributed by atoms with Crippen LogP contribution in [0.4, 0.5) is 0 Å². The number of aliphatic carboxylic acids is 1. The van der Waals surface area contributed by atoms with Crippen LogP contribution in [-0.2, 0) is 11.3 Å². The highest BCUT2D eigenvalue weighted by Crippen LogP contribution is 2.07. The first kappa shape index (κ1) is 13.6. The van der Waals surface area contributed by atoms with E-state index in [-0.39, 0.29) is 6.42 Å². The van der Waals surface area contributed by atoms with Gasteiger partial charge in [-0.2, -0.15) is 5.10 Å². The lowest BCUT2D eigenvalue weighted by molar-refractivity contribution is -0.137. The summed E-state index contributed by atoms with van der Waals surface area (Å²) in [4.78, 5) is 16.7. The van der Waals surface area contributed by atoms with Crippen LogP contribution in [0.25, 0.3) is 0 Å². The highest BCUT2D eigenvalue weighted by atomic mass is 16.4. The molecular weight excluding hydrogens is 220 g/mol. The largest absolute Gasteiger partial charge is 0.481 e. The van der Waals surface area contributed by atoms with Gasteiger partial charge in [0.05, 0.1) is 6.54 Å². The molecular formula is C11H20N4O2. The summed E-state index contributed by atoms with van der Waals surface area (Å²) in [6, 6.07) is 0.292. The van der Waals surface area contributed by atoms with E-state index in [4.69, 9.17) is 5.11 Å². The molecule has 0 unspecified atom stereocenters. The van der Waals surface area contributed by atoms with Gasteiger partial charge in [-0.05, 0) is 33.9 Å². The molecule has 0 spiro atoms. The molecule has 0 bridgehead atoms. The highest BCUT2D eigenvalue weighted by Gasteiger charge is 2.10. The van der Waals surface area contributed by atoms with E-state index in [2.05, 4.69) is 28.8 Å². The van der Waals surface area contributed by atoms with Crippen LogP contribution in [-0.4, -0.2) is 44.3 Å². The van der Waals surface area contributed by atoms with Gasteiger partial charge in [0.15, 0.2) is 0 Å². The second kappa shape index (κ2) is 6.34. The van der Waals surface area contributed by atoms with E-state index in [1.807, 2.05) is 11.7 Å². The molecule has 0 aliphatic heterocycles. The number of carbonyl (C=O) groups is 1. The molecule has 1 heterocycles. The zero-order chi connectivity index (χ0) is 12.8. The smallest absolute Gasteiger partial charge is 0.303 e. The van der Waals surface area contributed by atoms with Gasteiger partial charge in [0.25, 0.3) is 0 Å². The zero-order valence-corrected chi connectivity index (χ0v) is 10.6. The van der Waals surface area contributed by atoms with Crippen molar-refractivity contribution in [2.45, 2.75) is 39.3 Å². The Kier molecular flexibility index (Phi) is 5.09. The van der Waals surface area contributed by atoms with E-state index in [0.717, 1.165) is 12.4 Å². The summed E-state index contributed by atoms with van der Waals surface area (Å²) < 4.78 is 1.88. The van der Waals surface area contributed by atoms with Crippen LogP contribution in [0.1, 0.15) is 38.6 Å². The normalized spacial score (nSPS) is 11.4. The predicted molar refractivity (Wildman–Crippen MR) is 63.6 cm³/mol. The Morgan fingerprint density at radius 3 is 2.88 bits per heavy atom. The highest BCUT2D eigenvalue weighted by molar-refractivity contribution is 5.66. The van der Waals surface area contributed by atoms with E-state index in [1.165, 1.54) is 0 Å². The Morgan fingerprint density at radius 1 is 1.59 bits per heavy atom. The van der Waals surface area contributed by atoms with Gasteiger partial charge in [-0.15, -0.1) is 0 Å². The van der Waals surface area contributed by atoms with Gasteiger partial charge in [-0.1, -0.05) is 0 Å². The van der Waals surface area contributed by atoms with E-state index in [0.29, 0.717) is 19.0 Å². The van der Waals surface area contributed by atoms with E-state index in [1.54, 1.807) is 6.33 Å². The molecule has 0 amide bonds. The number of hydrogen-bond donors (Lipinski definition) is 1. The Balaban J connectivity index is 2.42. The number of aromatic nitrogens is 3. The van der Waals surface area contributed by atoms with Crippen molar-refractivity contribution >= 4 is 5.97 Å². The quantitative estimate of drug-likeness (QED) is 0.774. The molecule has 0 radical (unpaired) electrons. The van der Waals surface area contributed by atoms with E-state index >= 15 is 0 Å². The summed E-state index contributed by atoms with van der Waals surface area (Å²) in [6.45, 7) is 5.56. The Bertz CT molecular complexity index is 362. The molecule has 0 saturated heterocycles. The first-order valence-electron chi connectivity index (χ1n) is 5.79. The van der Waals surface area contributed by atoms with Crippen molar-refractivity contribution in [2.24, 2.45) is 0 Å². The maximum atomic E-state index is 10.4. The SMILES string of the molecule is CC(C)n1ncnc1CN(C)CCCC(=O)O. The molecule has 0 atom stereocenters. The van der Waals surface area contributed by atoms with Crippen LogP contribution >= 0.6 is 0 Å². The third-order valence-corrected chi connectivity index (χ3v) is 2.48. The van der Waals surface area contributed by atoms with Crippen molar-refractivity contribution in [1.82, 2.24) is 19.7 Å². The fraction of sp³-hybridized carbons (Fsp3) is 0.727. The van der Waals surface area contributed by atoms with Crippen molar-refractivity contribution < 1.29 is 9.90 Å². The molecule has 0 aliphatic rings. The van der Waals surface area contributed by atoms with E-state index in [9.17, 15) is 4.79 Å². The Hall–Kier alpha value is -1.43. The molecule has 1 N–H and O–H groups in total. The maximum absolute atomic E-state index is 10.4. The summed E-state index contributed by atoms with van der Waals surface area (Å²) in [5.74, 6) is 0.168. The van der Waals surface area contributed by atoms with Crippen LogP contribution in [0.5, 0.6) is 0 Å². The van der Waals surface area contributed by atoms with Gasteiger partial charge < -0.3 is 5.11 Å². The predicted octanol–water partition coefficient (Wildman–Crippen LogP) is 1.16. The summed E-state index contributed by atoms with van der Waals surface area (Å²) in [6.07, 6.45) is 2.42. The lowest BCUT2D eigenvalue weighted by atomic mass is 10.3. The Labute approximate surface area is 101 Å². The van der Waals surface area contributed by atoms with Gasteiger partial charge >= 0.3 is 5.97 Å². The molecule has 1 rings (SSSR count). The van der Waals surface area contributed by atoms with Gasteiger partial charge in [0.2, 0.25) is 0 Å². The summed E-state index contributed by atoms with van der Waals surface area (Å²) in [7, 11) is 1.96. The van der Waals surface area contributed by atoms with Gasteiger partial charge in [0, 0.05) is 12.5 Å². The molecule has 0 fully saturated rings. The fourth-order valence-electron chi connectivity index (χ4n) is 1.64. The lowest BCUT2D eigenvalue weighted by Gasteiger charge is -2.17. The number of carboxylic acid groups (broad SMARTS) is 1. The van der Waals surface area contributed by atoms with Crippen molar-refractivity contribution in [1.29, 1.82) is 0 Å². The molecule has 0 saturated carbocycles. The molecule has 6 heteroatoms. The minimum atomic E-state index is -0.747. The molecule has 6 nitrogen and oxygen atoms in total. The fourth-order valence-corrected chi connectivity index (χ4v) is 1.64. The second-order valence-electron chi connectivity index (χ2n) is 4.45. The van der Waals surface area contributed by atoms with Crippen molar-refractivity contribution in [2.75, 3.05) is 13.6 Å². The first-order valence-corrected chi connectivity index (χ1v) is 5.79. The van der Waals surface area contributed by atoms with Gasteiger partial charge in [-0.3, -0.25) is 9.69 Å². The van der Waals surface area contributed by atoms with Crippen LogP contribution in [0.2, 0.25) is 0 Å². The number of rotatable bonds is 7. The summed E-state index contributed by atoms with van der Waals surface area (Å²) in [5.41, 5.74) is 0. The molecule has 0 aliphatic carbocycles. The topological polar surface area (TPSA) is 71.2 Å². The zero-order valence-electron chi connectivity index (χ0n) is 10.6. The third kappa shape index (κ3) is 4.52. The van der Waals surface area contributed by atoms with Gasteiger partial charge in [0.1, 0.15) is 12.2 Å². The van der Waals surface area contributed by atoms with Crippen LogP contribution < -0.4 is 0 Å². The monoisotopic (exact) mass is 240 g/mol. The van der Waals surface area contributed by atoms with Crippen LogP contribution in [0.15, 0.2) is 6.33 Å². The molecule has 17 heavy (non-hydrogen) atoms. The van der Waals surface area contributed by atoms with Crippen molar-refractivity contribution in [3.63, 3.8) is 0 Å². The number of nitrogens with zero attached hydrogens (tertiary/aromatic N) is 4. The second-order valence-corrected chi connectivity index (χ2v) is 4.45. The summed E-state index contributed by atoms with van der Waals surface area (Å²) >= 11 is 0. The van der Waals surface area contributed by atoms with Crippen LogP contribution in [0.3, 0.4) is 0 Å². The first-order chi connectivity index (χ1) is 8.00. The minimum Gasteiger partial charge on any atom is -0.481 e. The standard InChI is InChI=1S/C11H20N4O2/c1-9(2)15-10(12-8-13-15)7-14(3)6-4-5-11(16)17/h8-9H,4-7H2,1-3H3,(H,16,17). The molecule has 0 aromatic carbocycles. The molecule has 1 aromatic heterocycles. The van der Waals surface area contributed by atoms with E-state index < -0.39 is 5.97 Å². The maximum Gasteiger partial charge on any atom is 0.303 e. The summed E-state index contributed by atoms with van der Waals surface area (Å²) in [5, 5.41) is 12.7. The lowest BCUT2D eigenvalue weighted by Crippen LogP contribution is -2.23. The number of hydrogen-bond acceptors (Lipinski definition) is 4. The van der Waals surface area contributed by atoms with Crippen molar-refractivity contribution in [3.05, 3.63) is 12.2 Å². The molecule has 1 aromatic rings. The minimum absolute atomic E-state index is 0.210.